The van der Waals surface area contributed by atoms with Gasteiger partial charge in [-0.1, -0.05) is 42.5 Å². The van der Waals surface area contributed by atoms with Gasteiger partial charge in [0, 0.05) is 17.2 Å². The molecule has 0 heterocycles. The summed E-state index contributed by atoms with van der Waals surface area (Å²) in [5, 5.41) is 2.81. The molecule has 5 nitrogen and oxygen atoms in total. The summed E-state index contributed by atoms with van der Waals surface area (Å²) in [6.07, 6.45) is 2.81. The molecule has 30 heavy (non-hydrogen) atoms. The summed E-state index contributed by atoms with van der Waals surface area (Å²) < 4.78 is 5.40. The minimum atomic E-state index is -0.454. The summed E-state index contributed by atoms with van der Waals surface area (Å²) >= 11 is 0. The Balaban J connectivity index is 1.41. The summed E-state index contributed by atoms with van der Waals surface area (Å²) in [4.78, 5) is 38.4. The molecule has 2 aliphatic carbocycles. The molecule has 0 radical (unpaired) electrons. The van der Waals surface area contributed by atoms with E-state index in [0.717, 1.165) is 30.4 Å². The van der Waals surface area contributed by atoms with E-state index in [1.807, 2.05) is 50.2 Å². The van der Waals surface area contributed by atoms with Crippen molar-refractivity contribution >= 4 is 23.3 Å². The van der Waals surface area contributed by atoms with E-state index in [2.05, 4.69) is 5.32 Å². The van der Waals surface area contributed by atoms with Gasteiger partial charge < -0.3 is 10.1 Å². The Morgan fingerprint density at radius 1 is 0.933 bits per heavy atom. The van der Waals surface area contributed by atoms with E-state index in [1.165, 1.54) is 0 Å². The van der Waals surface area contributed by atoms with Gasteiger partial charge in [-0.3, -0.25) is 14.4 Å². The number of anilines is 1. The molecule has 0 aromatic heterocycles. The van der Waals surface area contributed by atoms with Crippen LogP contribution in [0.2, 0.25) is 0 Å². The number of rotatable bonds is 6. The van der Waals surface area contributed by atoms with Crippen LogP contribution >= 0.6 is 0 Å². The van der Waals surface area contributed by atoms with Crippen molar-refractivity contribution in [1.29, 1.82) is 0 Å². The average molecular weight is 405 g/mol. The van der Waals surface area contributed by atoms with Gasteiger partial charge in [0.15, 0.2) is 12.4 Å². The second-order valence-corrected chi connectivity index (χ2v) is 8.52. The monoisotopic (exact) mass is 405 g/mol. The first kappa shape index (κ1) is 20.3. The quantitative estimate of drug-likeness (QED) is 0.573. The van der Waals surface area contributed by atoms with E-state index < -0.39 is 11.9 Å². The number of carbonyl (C=O) groups excluding carboxylic acids is 3. The van der Waals surface area contributed by atoms with Gasteiger partial charge in [-0.05, 0) is 62.1 Å². The van der Waals surface area contributed by atoms with Crippen LogP contribution in [0.15, 0.2) is 48.5 Å². The Bertz CT molecular complexity index is 968. The molecule has 4 atom stereocenters. The summed E-state index contributed by atoms with van der Waals surface area (Å²) in [6, 6.07) is 14.8. The number of hydrogen-bond acceptors (Lipinski definition) is 4. The molecule has 156 valence electrons. The highest BCUT2D eigenvalue weighted by Gasteiger charge is 2.54. The fourth-order valence-corrected chi connectivity index (χ4v) is 5.11. The number of aryl methyl sites for hydroxylation is 1. The van der Waals surface area contributed by atoms with Crippen molar-refractivity contribution in [2.45, 2.75) is 33.1 Å². The number of nitrogens with one attached hydrogen (secondary N) is 1. The van der Waals surface area contributed by atoms with Crippen molar-refractivity contribution in [2.75, 3.05) is 11.9 Å². The topological polar surface area (TPSA) is 72.5 Å². The number of benzene rings is 2. The van der Waals surface area contributed by atoms with Gasteiger partial charge in [0.25, 0.3) is 5.91 Å². The maximum absolute atomic E-state index is 13.1. The van der Waals surface area contributed by atoms with Crippen LogP contribution in [-0.2, 0) is 14.3 Å². The third-order valence-electron chi connectivity index (χ3n) is 6.77. The third kappa shape index (κ3) is 3.89. The lowest BCUT2D eigenvalue weighted by molar-refractivity contribution is -0.154. The van der Waals surface area contributed by atoms with Crippen molar-refractivity contribution < 1.29 is 19.1 Å². The number of carbonyl (C=O) groups is 3. The average Bonchev–Trinajstić information content (AvgIpc) is 3.37. The molecule has 2 bridgehead atoms. The van der Waals surface area contributed by atoms with Gasteiger partial charge in [-0.15, -0.1) is 0 Å². The van der Waals surface area contributed by atoms with Gasteiger partial charge in [-0.2, -0.15) is 0 Å². The predicted octanol–water partition coefficient (Wildman–Crippen LogP) is 4.33. The molecular weight excluding hydrogens is 378 g/mol. The first-order valence-electron chi connectivity index (χ1n) is 10.6. The van der Waals surface area contributed by atoms with E-state index in [-0.39, 0.29) is 36.1 Å². The van der Waals surface area contributed by atoms with Crippen LogP contribution in [0.4, 0.5) is 5.69 Å². The van der Waals surface area contributed by atoms with Crippen LogP contribution in [0.1, 0.15) is 40.7 Å². The molecule has 0 saturated heterocycles. The van der Waals surface area contributed by atoms with Gasteiger partial charge in [-0.25, -0.2) is 0 Å². The molecule has 0 aliphatic heterocycles. The van der Waals surface area contributed by atoms with Crippen LogP contribution in [-0.4, -0.2) is 24.3 Å². The lowest BCUT2D eigenvalue weighted by atomic mass is 9.75. The molecular formula is C25H27NO4. The normalized spacial score (nSPS) is 24.5. The zero-order chi connectivity index (χ0) is 21.3. The number of hydrogen-bond donors (Lipinski definition) is 1. The first-order chi connectivity index (χ1) is 14.5. The highest BCUT2D eigenvalue weighted by atomic mass is 16.5. The molecule has 2 aromatic rings. The van der Waals surface area contributed by atoms with E-state index in [1.54, 1.807) is 12.1 Å². The van der Waals surface area contributed by atoms with Crippen molar-refractivity contribution in [3.63, 3.8) is 0 Å². The molecule has 2 aromatic carbocycles. The number of Topliss-reactive ketones (excluding diaryl/α,β-unsaturated/α-hetero) is 1. The summed E-state index contributed by atoms with van der Waals surface area (Å²) in [7, 11) is 0. The van der Waals surface area contributed by atoms with Crippen LogP contribution in [0.5, 0.6) is 0 Å². The van der Waals surface area contributed by atoms with Crippen molar-refractivity contribution in [3.8, 4) is 0 Å². The fourth-order valence-electron chi connectivity index (χ4n) is 5.11. The number of ether oxygens (including phenoxy) is 1. The number of esters is 1. The van der Waals surface area contributed by atoms with Gasteiger partial charge >= 0.3 is 5.97 Å². The van der Waals surface area contributed by atoms with E-state index in [9.17, 15) is 14.4 Å². The molecule has 1 N–H and O–H groups in total. The zero-order valence-electron chi connectivity index (χ0n) is 17.4. The Morgan fingerprint density at radius 2 is 1.63 bits per heavy atom. The van der Waals surface area contributed by atoms with E-state index >= 15 is 0 Å². The van der Waals surface area contributed by atoms with Crippen molar-refractivity contribution in [3.05, 3.63) is 65.2 Å². The number of fused-ring (bicyclic) bond motifs is 2. The molecule has 4 rings (SSSR count). The predicted molar refractivity (Wildman–Crippen MR) is 114 cm³/mol. The minimum absolute atomic E-state index is 0.0181. The van der Waals surface area contributed by atoms with Crippen LogP contribution in [0.3, 0.4) is 0 Å². The molecule has 5 heteroatoms. The highest BCUT2D eigenvalue weighted by molar-refractivity contribution is 6.01. The van der Waals surface area contributed by atoms with Crippen molar-refractivity contribution in [2.24, 2.45) is 23.7 Å². The second-order valence-electron chi connectivity index (χ2n) is 8.52. The lowest BCUT2D eigenvalue weighted by Gasteiger charge is -2.28. The maximum atomic E-state index is 13.1. The van der Waals surface area contributed by atoms with E-state index in [0.29, 0.717) is 11.3 Å². The summed E-state index contributed by atoms with van der Waals surface area (Å²) in [5.74, 6) is -1.18. The maximum Gasteiger partial charge on any atom is 0.310 e. The van der Waals surface area contributed by atoms with E-state index in [4.69, 9.17) is 4.74 Å². The van der Waals surface area contributed by atoms with Gasteiger partial charge in [0.05, 0.1) is 5.92 Å². The highest BCUT2D eigenvalue weighted by Crippen LogP contribution is 2.53. The number of ketones is 1. The van der Waals surface area contributed by atoms with Gasteiger partial charge in [0.1, 0.15) is 0 Å². The largest absolute Gasteiger partial charge is 0.455 e. The summed E-state index contributed by atoms with van der Waals surface area (Å²) in [6.45, 7) is 3.57. The van der Waals surface area contributed by atoms with Gasteiger partial charge in [0.2, 0.25) is 0 Å². The smallest absolute Gasteiger partial charge is 0.310 e. The Hall–Kier alpha value is -2.95. The lowest BCUT2D eigenvalue weighted by Crippen LogP contribution is -2.37. The Labute approximate surface area is 176 Å². The van der Waals surface area contributed by atoms with Crippen LogP contribution in [0, 0.1) is 37.5 Å². The molecule has 2 aliphatic rings. The Morgan fingerprint density at radius 3 is 2.37 bits per heavy atom. The zero-order valence-corrected chi connectivity index (χ0v) is 17.4. The molecule has 0 spiro atoms. The third-order valence-corrected chi connectivity index (χ3v) is 6.77. The minimum Gasteiger partial charge on any atom is -0.455 e. The fraction of sp³-hybridized carbons (Fsp3) is 0.400. The first-order valence-corrected chi connectivity index (χ1v) is 10.6. The van der Waals surface area contributed by atoms with Crippen molar-refractivity contribution in [1.82, 2.24) is 0 Å². The SMILES string of the molecule is Cc1cccc(NC(=O)COC(=O)[C@@H]2[C@@H]3CC[C@@H](C3)[C@@H]2C(=O)c2ccccc2)c1C. The Kier molecular flexibility index (Phi) is 5.71. The second kappa shape index (κ2) is 8.42. The molecule has 2 saturated carbocycles. The molecule has 0 unspecified atom stereocenters. The standard InChI is InChI=1S/C25H27NO4/c1-15-7-6-10-20(16(15)2)26-21(27)14-30-25(29)23-19-12-11-18(13-19)22(23)24(28)17-8-4-3-5-9-17/h3-10,18-19,22-23H,11-14H2,1-2H3,(H,26,27)/t18-,19+,22-,23+/m0/s1. The van der Waals surface area contributed by atoms with Crippen LogP contribution < -0.4 is 5.32 Å². The summed E-state index contributed by atoms with van der Waals surface area (Å²) in [5.41, 5.74) is 3.42. The molecule has 1 amide bonds. The van der Waals surface area contributed by atoms with Crippen LogP contribution in [0.25, 0.3) is 0 Å². The molecule has 2 fully saturated rings. The number of amides is 1.